The lowest BCUT2D eigenvalue weighted by molar-refractivity contribution is -0.298. The van der Waals surface area contributed by atoms with E-state index in [4.69, 9.17) is 4.74 Å². The SMILES string of the molecule is CC(C)c1ccc(/C=C2\OC(Nc3ccccc3)=C(C(=O)[O-])C2=O)cc1. The third-order valence-corrected chi connectivity index (χ3v) is 4.03. The van der Waals surface area contributed by atoms with E-state index in [0.29, 0.717) is 11.6 Å². The fourth-order valence-electron chi connectivity index (χ4n) is 2.58. The van der Waals surface area contributed by atoms with E-state index in [-0.39, 0.29) is 11.6 Å². The molecule has 0 fully saturated rings. The van der Waals surface area contributed by atoms with Crippen molar-refractivity contribution in [2.24, 2.45) is 0 Å². The van der Waals surface area contributed by atoms with Gasteiger partial charge in [0.15, 0.2) is 5.76 Å². The maximum Gasteiger partial charge on any atom is 0.235 e. The van der Waals surface area contributed by atoms with Gasteiger partial charge in [-0.3, -0.25) is 4.79 Å². The second kappa shape index (κ2) is 7.27. The van der Waals surface area contributed by atoms with Gasteiger partial charge in [-0.2, -0.15) is 0 Å². The third kappa shape index (κ3) is 3.67. The number of benzene rings is 2. The average molecular weight is 348 g/mol. The molecule has 2 aromatic carbocycles. The highest BCUT2D eigenvalue weighted by Crippen LogP contribution is 2.28. The zero-order valence-electron chi connectivity index (χ0n) is 14.5. The number of ketones is 1. The summed E-state index contributed by atoms with van der Waals surface area (Å²) in [6, 6.07) is 16.5. The summed E-state index contributed by atoms with van der Waals surface area (Å²) in [6.07, 6.45) is 1.52. The Bertz CT molecular complexity index is 893. The number of carbonyl (C=O) groups is 2. The zero-order chi connectivity index (χ0) is 18.7. The van der Waals surface area contributed by atoms with E-state index in [1.54, 1.807) is 24.3 Å². The molecule has 132 valence electrons. The van der Waals surface area contributed by atoms with Gasteiger partial charge in [0.25, 0.3) is 0 Å². The molecule has 1 N–H and O–H groups in total. The number of allylic oxidation sites excluding steroid dienone is 1. The molecule has 3 rings (SSSR count). The van der Waals surface area contributed by atoms with Gasteiger partial charge in [0.05, 0.1) is 5.97 Å². The molecule has 0 bridgehead atoms. The summed E-state index contributed by atoms with van der Waals surface area (Å²) in [6.45, 7) is 4.18. The van der Waals surface area contributed by atoms with Gasteiger partial charge in [-0.25, -0.2) is 0 Å². The zero-order valence-corrected chi connectivity index (χ0v) is 14.5. The second-order valence-corrected chi connectivity index (χ2v) is 6.24. The van der Waals surface area contributed by atoms with Crippen LogP contribution in [0.1, 0.15) is 30.9 Å². The Morgan fingerprint density at radius 3 is 2.31 bits per heavy atom. The van der Waals surface area contributed by atoms with Gasteiger partial charge in [-0.15, -0.1) is 0 Å². The van der Waals surface area contributed by atoms with Crippen LogP contribution >= 0.6 is 0 Å². The number of carboxylic acid groups (broad SMARTS) is 1. The molecule has 0 saturated carbocycles. The lowest BCUT2D eigenvalue weighted by Crippen LogP contribution is -2.28. The summed E-state index contributed by atoms with van der Waals surface area (Å²) in [5, 5.41) is 14.2. The Hall–Kier alpha value is -3.34. The number of rotatable bonds is 5. The average Bonchev–Trinajstić information content (AvgIpc) is 2.91. The highest BCUT2D eigenvalue weighted by atomic mass is 16.5. The fraction of sp³-hybridized carbons (Fsp3) is 0.143. The molecule has 0 unspecified atom stereocenters. The van der Waals surface area contributed by atoms with Crippen LogP contribution in [-0.2, 0) is 14.3 Å². The van der Waals surface area contributed by atoms with Gasteiger partial charge in [0.2, 0.25) is 11.7 Å². The van der Waals surface area contributed by atoms with E-state index in [9.17, 15) is 14.7 Å². The normalized spacial score (nSPS) is 15.5. The molecule has 0 saturated heterocycles. The van der Waals surface area contributed by atoms with Crippen LogP contribution in [0.4, 0.5) is 5.69 Å². The molecule has 5 nitrogen and oxygen atoms in total. The molecule has 1 heterocycles. The summed E-state index contributed by atoms with van der Waals surface area (Å²) in [4.78, 5) is 23.8. The number of aliphatic carboxylic acids is 1. The van der Waals surface area contributed by atoms with Crippen molar-refractivity contribution in [3.8, 4) is 0 Å². The molecule has 5 heteroatoms. The van der Waals surface area contributed by atoms with E-state index in [1.807, 2.05) is 30.3 Å². The summed E-state index contributed by atoms with van der Waals surface area (Å²) in [7, 11) is 0. The number of hydrogen-bond acceptors (Lipinski definition) is 5. The minimum atomic E-state index is -1.58. The van der Waals surface area contributed by atoms with Crippen molar-refractivity contribution in [2.75, 3.05) is 5.32 Å². The first-order chi connectivity index (χ1) is 12.5. The minimum absolute atomic E-state index is 0.0556. The number of nitrogens with one attached hydrogen (secondary N) is 1. The highest BCUT2D eigenvalue weighted by molar-refractivity contribution is 6.25. The topological polar surface area (TPSA) is 78.5 Å². The van der Waals surface area contributed by atoms with E-state index in [0.717, 1.165) is 5.56 Å². The predicted octanol–water partition coefficient (Wildman–Crippen LogP) is 2.82. The molecule has 0 atom stereocenters. The number of carbonyl (C=O) groups excluding carboxylic acids is 2. The molecular formula is C21H18NO4-. The summed E-state index contributed by atoms with van der Waals surface area (Å²) < 4.78 is 5.49. The van der Waals surface area contributed by atoms with Gasteiger partial charge in [0.1, 0.15) is 5.57 Å². The van der Waals surface area contributed by atoms with Crippen LogP contribution < -0.4 is 10.4 Å². The van der Waals surface area contributed by atoms with Crippen LogP contribution in [0, 0.1) is 0 Å². The first-order valence-corrected chi connectivity index (χ1v) is 8.27. The third-order valence-electron chi connectivity index (χ3n) is 4.03. The van der Waals surface area contributed by atoms with Crippen molar-refractivity contribution in [3.05, 3.63) is 82.9 Å². The Morgan fingerprint density at radius 1 is 1.08 bits per heavy atom. The standard InChI is InChI=1S/C21H19NO4/c1-13(2)15-10-8-14(9-11-15)12-17-19(23)18(21(24)25)20(26-17)22-16-6-4-3-5-7-16/h3-13,22H,1-2H3,(H,24,25)/p-1/b17-12-. The Labute approximate surface area is 151 Å². The monoisotopic (exact) mass is 348 g/mol. The van der Waals surface area contributed by atoms with Crippen LogP contribution in [-0.4, -0.2) is 11.8 Å². The molecule has 26 heavy (non-hydrogen) atoms. The molecule has 2 aromatic rings. The highest BCUT2D eigenvalue weighted by Gasteiger charge is 2.31. The van der Waals surface area contributed by atoms with Crippen molar-refractivity contribution >= 4 is 23.5 Å². The molecule has 1 aliphatic rings. The van der Waals surface area contributed by atoms with E-state index in [2.05, 4.69) is 19.2 Å². The number of ether oxygens (including phenoxy) is 1. The maximum atomic E-state index is 12.4. The molecule has 0 radical (unpaired) electrons. The van der Waals surface area contributed by atoms with Crippen molar-refractivity contribution in [1.82, 2.24) is 0 Å². The van der Waals surface area contributed by atoms with E-state index >= 15 is 0 Å². The Balaban J connectivity index is 1.87. The number of anilines is 1. The number of carboxylic acids is 1. The Morgan fingerprint density at radius 2 is 1.73 bits per heavy atom. The number of para-hydroxylation sites is 1. The summed E-state index contributed by atoms with van der Waals surface area (Å²) in [5.74, 6) is -2.08. The smallest absolute Gasteiger partial charge is 0.235 e. The first kappa shape index (κ1) is 17.5. The lowest BCUT2D eigenvalue weighted by atomic mass is 10.0. The van der Waals surface area contributed by atoms with Gasteiger partial charge in [0, 0.05) is 5.69 Å². The Kier molecular flexibility index (Phi) is 4.89. The molecule has 0 spiro atoms. The quantitative estimate of drug-likeness (QED) is 0.664. The van der Waals surface area contributed by atoms with Gasteiger partial charge >= 0.3 is 0 Å². The van der Waals surface area contributed by atoms with Crippen LogP contribution in [0.5, 0.6) is 0 Å². The van der Waals surface area contributed by atoms with Gasteiger partial charge < -0.3 is 20.0 Å². The summed E-state index contributed by atoms with van der Waals surface area (Å²) in [5.41, 5.74) is 2.01. The van der Waals surface area contributed by atoms with Crippen molar-refractivity contribution < 1.29 is 19.4 Å². The van der Waals surface area contributed by atoms with Crippen molar-refractivity contribution in [1.29, 1.82) is 0 Å². The predicted molar refractivity (Wildman–Crippen MR) is 96.7 cm³/mol. The van der Waals surface area contributed by atoms with E-state index in [1.165, 1.54) is 11.6 Å². The van der Waals surface area contributed by atoms with E-state index < -0.39 is 17.3 Å². The van der Waals surface area contributed by atoms with Crippen LogP contribution in [0.2, 0.25) is 0 Å². The number of Topliss-reactive ketones (excluding diaryl/α,β-unsaturated/α-hetero) is 1. The van der Waals surface area contributed by atoms with Crippen molar-refractivity contribution in [3.63, 3.8) is 0 Å². The fourth-order valence-corrected chi connectivity index (χ4v) is 2.58. The first-order valence-electron chi connectivity index (χ1n) is 8.27. The summed E-state index contributed by atoms with van der Waals surface area (Å²) >= 11 is 0. The molecule has 0 aromatic heterocycles. The molecule has 0 aliphatic carbocycles. The van der Waals surface area contributed by atoms with Crippen LogP contribution in [0.3, 0.4) is 0 Å². The largest absolute Gasteiger partial charge is 0.544 e. The molecule has 0 amide bonds. The maximum absolute atomic E-state index is 12.4. The minimum Gasteiger partial charge on any atom is -0.544 e. The van der Waals surface area contributed by atoms with Crippen LogP contribution in [0.25, 0.3) is 6.08 Å². The lowest BCUT2D eigenvalue weighted by Gasteiger charge is -2.09. The van der Waals surface area contributed by atoms with Gasteiger partial charge in [-0.05, 0) is 35.3 Å². The van der Waals surface area contributed by atoms with Crippen molar-refractivity contribution in [2.45, 2.75) is 19.8 Å². The van der Waals surface area contributed by atoms with Crippen LogP contribution in [0.15, 0.2) is 71.8 Å². The second-order valence-electron chi connectivity index (χ2n) is 6.24. The molecular weight excluding hydrogens is 330 g/mol. The van der Waals surface area contributed by atoms with Gasteiger partial charge in [-0.1, -0.05) is 56.3 Å². The molecule has 1 aliphatic heterocycles. The number of hydrogen-bond donors (Lipinski definition) is 1.